The summed E-state index contributed by atoms with van der Waals surface area (Å²) in [5.41, 5.74) is 5.42. The van der Waals surface area contributed by atoms with Crippen LogP contribution in [0.3, 0.4) is 0 Å². The normalized spacial score (nSPS) is 42.1. The van der Waals surface area contributed by atoms with Crippen LogP contribution in [0.25, 0.3) is 0 Å². The molecule has 3 N–H and O–H groups in total. The number of hydrogen-bond acceptors (Lipinski definition) is 2. The van der Waals surface area contributed by atoms with E-state index in [1.54, 1.807) is 0 Å². The molecule has 0 radical (unpaired) electrons. The fourth-order valence-electron chi connectivity index (χ4n) is 4.55. The van der Waals surface area contributed by atoms with Crippen molar-refractivity contribution in [2.24, 2.45) is 29.4 Å². The number of nitrogens with one attached hydrogen (secondary N) is 1. The molecule has 0 aromatic heterocycles. The van der Waals surface area contributed by atoms with Gasteiger partial charge in [0.2, 0.25) is 5.91 Å². The molecule has 1 amide bonds. The summed E-state index contributed by atoms with van der Waals surface area (Å²) < 4.78 is 0. The van der Waals surface area contributed by atoms with Crippen molar-refractivity contribution < 1.29 is 4.79 Å². The zero-order valence-corrected chi connectivity index (χ0v) is 11.0. The maximum atomic E-state index is 11.6. The summed E-state index contributed by atoms with van der Waals surface area (Å²) in [4.78, 5) is 11.6. The third kappa shape index (κ3) is 2.45. The van der Waals surface area contributed by atoms with Crippen LogP contribution in [-0.4, -0.2) is 18.5 Å². The third-order valence-electron chi connectivity index (χ3n) is 4.93. The standard InChI is InChI=1S/C13H22N2O.ClH/c14-2-1-12(16)15-13-10-4-8-3-9(6-10)7-11(13)5-8;/h8-11,13H,1-7,14H2,(H,15,16);1H. The molecule has 0 heterocycles. The number of hydrogen-bond donors (Lipinski definition) is 2. The van der Waals surface area contributed by atoms with Crippen LogP contribution in [0.4, 0.5) is 0 Å². The summed E-state index contributed by atoms with van der Waals surface area (Å²) in [6, 6.07) is 0.479. The highest BCUT2D eigenvalue weighted by Crippen LogP contribution is 2.53. The molecule has 4 fully saturated rings. The Kier molecular flexibility index (Phi) is 3.99. The Morgan fingerprint density at radius 1 is 1.06 bits per heavy atom. The molecular weight excluding hydrogens is 236 g/mol. The van der Waals surface area contributed by atoms with E-state index >= 15 is 0 Å². The maximum absolute atomic E-state index is 11.6. The van der Waals surface area contributed by atoms with E-state index in [0.717, 1.165) is 23.7 Å². The molecule has 0 unspecified atom stereocenters. The minimum Gasteiger partial charge on any atom is -0.353 e. The first-order valence-corrected chi connectivity index (χ1v) is 6.75. The van der Waals surface area contributed by atoms with Crippen molar-refractivity contribution >= 4 is 18.3 Å². The number of rotatable bonds is 3. The second kappa shape index (κ2) is 5.15. The van der Waals surface area contributed by atoms with Crippen LogP contribution in [0.2, 0.25) is 0 Å². The lowest BCUT2D eigenvalue weighted by molar-refractivity contribution is -0.124. The predicted octanol–water partition coefficient (Wildman–Crippen LogP) is 1.70. The largest absolute Gasteiger partial charge is 0.353 e. The van der Waals surface area contributed by atoms with Gasteiger partial charge in [-0.25, -0.2) is 0 Å². The molecule has 0 aliphatic heterocycles. The van der Waals surface area contributed by atoms with Gasteiger partial charge in [0, 0.05) is 19.0 Å². The lowest BCUT2D eigenvalue weighted by Crippen LogP contribution is -2.55. The molecule has 4 aliphatic rings. The zero-order valence-electron chi connectivity index (χ0n) is 10.2. The molecule has 0 aromatic carbocycles. The van der Waals surface area contributed by atoms with E-state index < -0.39 is 0 Å². The molecule has 3 nitrogen and oxygen atoms in total. The fourth-order valence-corrected chi connectivity index (χ4v) is 4.55. The molecule has 4 saturated carbocycles. The molecule has 4 aliphatic carbocycles. The SMILES string of the molecule is Cl.NCCC(=O)NC1C2CC3CC(C2)CC1C3. The van der Waals surface area contributed by atoms with E-state index in [1.165, 1.54) is 32.1 Å². The van der Waals surface area contributed by atoms with E-state index in [-0.39, 0.29) is 18.3 Å². The van der Waals surface area contributed by atoms with Gasteiger partial charge < -0.3 is 11.1 Å². The van der Waals surface area contributed by atoms with Crippen LogP contribution in [0.15, 0.2) is 0 Å². The lowest BCUT2D eigenvalue weighted by Gasteiger charge is -2.54. The van der Waals surface area contributed by atoms with Crippen LogP contribution >= 0.6 is 12.4 Å². The quantitative estimate of drug-likeness (QED) is 0.810. The number of amides is 1. The van der Waals surface area contributed by atoms with Crippen LogP contribution in [0.1, 0.15) is 38.5 Å². The van der Waals surface area contributed by atoms with E-state index in [2.05, 4.69) is 5.32 Å². The van der Waals surface area contributed by atoms with Gasteiger partial charge in [0.25, 0.3) is 0 Å². The number of carbonyl (C=O) groups is 1. The third-order valence-corrected chi connectivity index (χ3v) is 4.93. The molecule has 17 heavy (non-hydrogen) atoms. The molecule has 0 saturated heterocycles. The Bertz CT molecular complexity index is 267. The molecular formula is C13H23ClN2O. The molecule has 98 valence electrons. The van der Waals surface area contributed by atoms with Crippen LogP contribution in [-0.2, 0) is 4.79 Å². The molecule has 4 bridgehead atoms. The van der Waals surface area contributed by atoms with Gasteiger partial charge in [0.05, 0.1) is 0 Å². The summed E-state index contributed by atoms with van der Waals surface area (Å²) in [5, 5.41) is 3.24. The first-order chi connectivity index (χ1) is 7.76. The number of nitrogens with two attached hydrogens (primary N) is 1. The van der Waals surface area contributed by atoms with E-state index in [9.17, 15) is 4.79 Å². The molecule has 0 aromatic rings. The lowest BCUT2D eigenvalue weighted by atomic mass is 9.54. The summed E-state index contributed by atoms with van der Waals surface area (Å²) in [7, 11) is 0. The van der Waals surface area contributed by atoms with E-state index in [4.69, 9.17) is 5.73 Å². The second-order valence-electron chi connectivity index (χ2n) is 6.06. The Labute approximate surface area is 109 Å². The number of halogens is 1. The summed E-state index contributed by atoms with van der Waals surface area (Å²) in [6.45, 7) is 0.471. The predicted molar refractivity (Wildman–Crippen MR) is 69.9 cm³/mol. The van der Waals surface area contributed by atoms with Gasteiger partial charge in [0.15, 0.2) is 0 Å². The van der Waals surface area contributed by atoms with Gasteiger partial charge in [-0.15, -0.1) is 12.4 Å². The molecule has 0 atom stereocenters. The average Bonchev–Trinajstić information content (AvgIpc) is 2.23. The van der Waals surface area contributed by atoms with Crippen molar-refractivity contribution in [3.05, 3.63) is 0 Å². The van der Waals surface area contributed by atoms with E-state index in [1.807, 2.05) is 0 Å². The number of carbonyl (C=O) groups excluding carboxylic acids is 1. The van der Waals surface area contributed by atoms with Crippen molar-refractivity contribution in [3.63, 3.8) is 0 Å². The molecule has 4 heteroatoms. The fraction of sp³-hybridized carbons (Fsp3) is 0.923. The Balaban J connectivity index is 0.00000108. The van der Waals surface area contributed by atoms with Gasteiger partial charge in [-0.2, -0.15) is 0 Å². The van der Waals surface area contributed by atoms with Crippen molar-refractivity contribution in [2.45, 2.75) is 44.6 Å². The topological polar surface area (TPSA) is 55.1 Å². The smallest absolute Gasteiger partial charge is 0.221 e. The molecule has 0 spiro atoms. The van der Waals surface area contributed by atoms with Crippen LogP contribution in [0, 0.1) is 23.7 Å². The second-order valence-corrected chi connectivity index (χ2v) is 6.06. The minimum absolute atomic E-state index is 0. The highest BCUT2D eigenvalue weighted by atomic mass is 35.5. The van der Waals surface area contributed by atoms with Gasteiger partial charge in [-0.1, -0.05) is 0 Å². The average molecular weight is 259 g/mol. The Morgan fingerprint density at radius 2 is 1.59 bits per heavy atom. The van der Waals surface area contributed by atoms with Gasteiger partial charge in [-0.3, -0.25) is 4.79 Å². The zero-order chi connectivity index (χ0) is 11.1. The van der Waals surface area contributed by atoms with Gasteiger partial charge >= 0.3 is 0 Å². The maximum Gasteiger partial charge on any atom is 0.221 e. The van der Waals surface area contributed by atoms with Crippen LogP contribution in [0.5, 0.6) is 0 Å². The van der Waals surface area contributed by atoms with Crippen molar-refractivity contribution in [1.82, 2.24) is 5.32 Å². The van der Waals surface area contributed by atoms with E-state index in [0.29, 0.717) is 19.0 Å². The van der Waals surface area contributed by atoms with Gasteiger partial charge in [-0.05, 0) is 55.8 Å². The monoisotopic (exact) mass is 258 g/mol. The molecule has 4 rings (SSSR count). The Morgan fingerprint density at radius 3 is 2.06 bits per heavy atom. The minimum atomic E-state index is 0. The van der Waals surface area contributed by atoms with Crippen molar-refractivity contribution in [3.8, 4) is 0 Å². The summed E-state index contributed by atoms with van der Waals surface area (Å²) in [5.74, 6) is 3.67. The summed E-state index contributed by atoms with van der Waals surface area (Å²) >= 11 is 0. The Hall–Kier alpha value is -0.280. The van der Waals surface area contributed by atoms with Crippen molar-refractivity contribution in [1.29, 1.82) is 0 Å². The highest BCUT2D eigenvalue weighted by Gasteiger charge is 2.48. The van der Waals surface area contributed by atoms with Crippen molar-refractivity contribution in [2.75, 3.05) is 6.54 Å². The van der Waals surface area contributed by atoms with Gasteiger partial charge in [0.1, 0.15) is 0 Å². The van der Waals surface area contributed by atoms with Crippen LogP contribution < -0.4 is 11.1 Å². The first kappa shape index (κ1) is 13.2. The summed E-state index contributed by atoms with van der Waals surface area (Å²) in [6.07, 6.45) is 7.40. The first-order valence-electron chi connectivity index (χ1n) is 6.75. The highest BCUT2D eigenvalue weighted by molar-refractivity contribution is 5.85.